The lowest BCUT2D eigenvalue weighted by Crippen LogP contribution is -2.56. The second-order valence-electron chi connectivity index (χ2n) is 3.84. The van der Waals surface area contributed by atoms with Crippen LogP contribution in [0.15, 0.2) is 29.3 Å². The number of hydrogen-bond donors (Lipinski definition) is 2. The Kier molecular flexibility index (Phi) is 3.51. The molecule has 102 valence electrons. The fourth-order valence-electron chi connectivity index (χ4n) is 1.49. The number of carbonyl (C=O) groups excluding carboxylic acids is 3. The van der Waals surface area contributed by atoms with Gasteiger partial charge in [0.15, 0.2) is 5.92 Å². The Bertz CT molecular complexity index is 602. The summed E-state index contributed by atoms with van der Waals surface area (Å²) in [5.41, 5.74) is 0.246. The first kappa shape index (κ1) is 13.3. The lowest BCUT2D eigenvalue weighted by atomic mass is 10.1. The number of amides is 4. The Balaban J connectivity index is 2.12. The van der Waals surface area contributed by atoms with Gasteiger partial charge in [-0.1, -0.05) is 0 Å². The van der Waals surface area contributed by atoms with Crippen molar-refractivity contribution in [2.45, 2.75) is 0 Å². The van der Waals surface area contributed by atoms with Gasteiger partial charge in [0.2, 0.25) is 11.8 Å². The number of carbonyl (C=O) groups is 3. The van der Waals surface area contributed by atoms with Gasteiger partial charge in [0, 0.05) is 18.3 Å². The number of rotatable bonds is 3. The number of hydrogen-bond acceptors (Lipinski definition) is 6. The highest BCUT2D eigenvalue weighted by Gasteiger charge is 2.32. The average molecular weight is 276 g/mol. The van der Waals surface area contributed by atoms with Crippen molar-refractivity contribution in [3.63, 3.8) is 0 Å². The molecule has 2 N–H and O–H groups in total. The van der Waals surface area contributed by atoms with E-state index >= 15 is 0 Å². The summed E-state index contributed by atoms with van der Waals surface area (Å²) < 4.78 is 0. The van der Waals surface area contributed by atoms with Crippen LogP contribution >= 0.6 is 0 Å². The van der Waals surface area contributed by atoms with Crippen LogP contribution in [0.5, 0.6) is 0 Å². The van der Waals surface area contributed by atoms with Crippen LogP contribution in [0, 0.1) is 16.0 Å². The summed E-state index contributed by atoms with van der Waals surface area (Å²) in [5, 5.41) is 14.3. The van der Waals surface area contributed by atoms with Gasteiger partial charge in [-0.3, -0.25) is 35.3 Å². The van der Waals surface area contributed by atoms with Crippen molar-refractivity contribution in [1.82, 2.24) is 10.6 Å². The summed E-state index contributed by atoms with van der Waals surface area (Å²) in [4.78, 5) is 47.4. The highest BCUT2D eigenvalue weighted by molar-refractivity contribution is 6.23. The van der Waals surface area contributed by atoms with Crippen LogP contribution in [0.3, 0.4) is 0 Å². The van der Waals surface area contributed by atoms with Crippen LogP contribution in [0.2, 0.25) is 0 Å². The number of non-ortho nitro benzene ring substituents is 1. The van der Waals surface area contributed by atoms with E-state index in [2.05, 4.69) is 4.99 Å². The molecule has 20 heavy (non-hydrogen) atoms. The van der Waals surface area contributed by atoms with Gasteiger partial charge in [0.25, 0.3) is 5.69 Å². The number of nitrogens with one attached hydrogen (secondary N) is 2. The molecular formula is C11H8N4O5. The Hall–Kier alpha value is -3.10. The Labute approximate surface area is 111 Å². The summed E-state index contributed by atoms with van der Waals surface area (Å²) in [6, 6.07) is 4.37. The van der Waals surface area contributed by atoms with Crippen molar-refractivity contribution in [3.05, 3.63) is 34.4 Å². The van der Waals surface area contributed by atoms with Gasteiger partial charge in [0.1, 0.15) is 0 Å². The molecule has 0 aromatic heterocycles. The number of nitro groups is 1. The zero-order valence-corrected chi connectivity index (χ0v) is 9.90. The minimum atomic E-state index is -1.22. The molecule has 9 nitrogen and oxygen atoms in total. The third-order valence-corrected chi connectivity index (χ3v) is 2.47. The third-order valence-electron chi connectivity index (χ3n) is 2.47. The predicted molar refractivity (Wildman–Crippen MR) is 66.4 cm³/mol. The van der Waals surface area contributed by atoms with Crippen LogP contribution in [0.4, 0.5) is 16.2 Å². The van der Waals surface area contributed by atoms with E-state index in [0.717, 1.165) is 6.21 Å². The summed E-state index contributed by atoms with van der Waals surface area (Å²) in [5.74, 6) is -2.77. The second kappa shape index (κ2) is 5.26. The fourth-order valence-corrected chi connectivity index (χ4v) is 1.49. The molecule has 0 radical (unpaired) electrons. The lowest BCUT2D eigenvalue weighted by Gasteiger charge is -2.16. The quantitative estimate of drug-likeness (QED) is 0.354. The molecule has 1 aromatic rings. The molecule has 2 rings (SSSR count). The van der Waals surface area contributed by atoms with E-state index in [-0.39, 0.29) is 5.69 Å². The van der Waals surface area contributed by atoms with E-state index in [4.69, 9.17) is 0 Å². The number of urea groups is 1. The maximum atomic E-state index is 11.4. The summed E-state index contributed by atoms with van der Waals surface area (Å²) >= 11 is 0. The zero-order valence-electron chi connectivity index (χ0n) is 9.90. The molecule has 0 spiro atoms. The molecule has 1 aromatic carbocycles. The molecule has 4 amide bonds. The third kappa shape index (κ3) is 2.83. The number of imide groups is 2. The first-order chi connectivity index (χ1) is 9.47. The molecule has 1 fully saturated rings. The van der Waals surface area contributed by atoms with Gasteiger partial charge in [0.05, 0.1) is 10.6 Å². The van der Waals surface area contributed by atoms with Gasteiger partial charge >= 0.3 is 6.03 Å². The van der Waals surface area contributed by atoms with Gasteiger partial charge in [-0.15, -0.1) is 0 Å². The minimum Gasteiger partial charge on any atom is -0.277 e. The predicted octanol–water partition coefficient (Wildman–Crippen LogP) is 0.279. The molecule has 0 unspecified atom stereocenters. The molecular weight excluding hydrogens is 268 g/mol. The van der Waals surface area contributed by atoms with Crippen molar-refractivity contribution < 1.29 is 19.3 Å². The monoisotopic (exact) mass is 276 g/mol. The van der Waals surface area contributed by atoms with Crippen molar-refractivity contribution in [1.29, 1.82) is 0 Å². The standard InChI is InChI=1S/C11H8N4O5/c16-9-8(10(17)14-11(18)13-9)5-12-6-1-3-7(4-2-6)15(19)20/h1-5,8H,(H2,13,14,16,17,18). The average Bonchev–Trinajstić information content (AvgIpc) is 2.38. The van der Waals surface area contributed by atoms with Crippen LogP contribution in [-0.2, 0) is 9.59 Å². The topological polar surface area (TPSA) is 131 Å². The number of barbiturate groups is 1. The van der Waals surface area contributed by atoms with Crippen molar-refractivity contribution in [2.24, 2.45) is 10.9 Å². The van der Waals surface area contributed by atoms with E-state index < -0.39 is 28.7 Å². The van der Waals surface area contributed by atoms with Crippen molar-refractivity contribution in [3.8, 4) is 0 Å². The first-order valence-corrected chi connectivity index (χ1v) is 5.41. The van der Waals surface area contributed by atoms with E-state index in [9.17, 15) is 24.5 Å². The summed E-state index contributed by atoms with van der Waals surface area (Å²) in [6.45, 7) is 0. The van der Waals surface area contributed by atoms with E-state index in [1.54, 1.807) is 0 Å². The van der Waals surface area contributed by atoms with Gasteiger partial charge in [-0.25, -0.2) is 4.79 Å². The molecule has 1 aliphatic heterocycles. The molecule has 9 heteroatoms. The molecule has 0 saturated carbocycles. The second-order valence-corrected chi connectivity index (χ2v) is 3.84. The van der Waals surface area contributed by atoms with Gasteiger partial charge in [-0.2, -0.15) is 0 Å². The highest BCUT2D eigenvalue weighted by Crippen LogP contribution is 2.17. The van der Waals surface area contributed by atoms with Crippen molar-refractivity contribution in [2.75, 3.05) is 0 Å². The van der Waals surface area contributed by atoms with Crippen LogP contribution in [0.25, 0.3) is 0 Å². The normalized spacial score (nSPS) is 16.1. The van der Waals surface area contributed by atoms with Crippen molar-refractivity contribution >= 4 is 35.4 Å². The van der Waals surface area contributed by atoms with Gasteiger partial charge in [-0.05, 0) is 12.1 Å². The summed E-state index contributed by atoms with van der Waals surface area (Å²) in [6.07, 6.45) is 1.07. The molecule has 1 saturated heterocycles. The summed E-state index contributed by atoms with van der Waals surface area (Å²) in [7, 11) is 0. The minimum absolute atomic E-state index is 0.0947. The zero-order chi connectivity index (χ0) is 14.7. The van der Waals surface area contributed by atoms with E-state index in [1.165, 1.54) is 24.3 Å². The number of aliphatic imine (C=N–C) groups is 1. The Morgan fingerprint density at radius 3 is 2.15 bits per heavy atom. The SMILES string of the molecule is O=C1NC(=O)C(C=Nc2ccc([N+](=O)[O-])cc2)C(=O)N1. The number of benzene rings is 1. The maximum Gasteiger partial charge on any atom is 0.328 e. The van der Waals surface area contributed by atoms with E-state index in [0.29, 0.717) is 5.69 Å². The highest BCUT2D eigenvalue weighted by atomic mass is 16.6. The molecule has 1 aliphatic rings. The first-order valence-electron chi connectivity index (χ1n) is 5.41. The van der Waals surface area contributed by atoms with Gasteiger partial charge < -0.3 is 0 Å². The molecule has 0 bridgehead atoms. The lowest BCUT2D eigenvalue weighted by molar-refractivity contribution is -0.384. The smallest absolute Gasteiger partial charge is 0.277 e. The largest absolute Gasteiger partial charge is 0.328 e. The van der Waals surface area contributed by atoms with Crippen LogP contribution in [0.1, 0.15) is 0 Å². The van der Waals surface area contributed by atoms with Crippen LogP contribution in [-0.4, -0.2) is 29.0 Å². The molecule has 1 heterocycles. The van der Waals surface area contributed by atoms with E-state index in [1.807, 2.05) is 10.6 Å². The number of nitrogens with zero attached hydrogens (tertiary/aromatic N) is 2. The Morgan fingerprint density at radius 2 is 1.65 bits per heavy atom. The maximum absolute atomic E-state index is 11.4. The molecule has 0 atom stereocenters. The fraction of sp³-hybridized carbons (Fsp3) is 0.0909. The molecule has 0 aliphatic carbocycles. The Morgan fingerprint density at radius 1 is 1.10 bits per heavy atom. The van der Waals surface area contributed by atoms with Crippen LogP contribution < -0.4 is 10.6 Å². The number of nitro benzene ring substituents is 1.